The Bertz CT molecular complexity index is 2820. The molecule has 2 saturated heterocycles. The van der Waals surface area contributed by atoms with Gasteiger partial charge in [0.15, 0.2) is 11.5 Å². The Hall–Kier alpha value is -5.07. The minimum absolute atomic E-state index is 0. The van der Waals surface area contributed by atoms with Crippen LogP contribution in [0, 0.1) is 5.92 Å². The predicted octanol–water partition coefficient (Wildman–Crippen LogP) is 10.7. The zero-order chi connectivity index (χ0) is 49.2. The first-order chi connectivity index (χ1) is 33.7. The highest BCUT2D eigenvalue weighted by Gasteiger charge is 2.64. The van der Waals surface area contributed by atoms with Crippen LogP contribution in [0.5, 0.6) is 11.5 Å². The molecule has 0 unspecified atom stereocenters. The van der Waals surface area contributed by atoms with E-state index in [1.807, 2.05) is 12.1 Å². The normalized spacial score (nSPS) is 22.6. The number of methoxy groups -OCH3 is 1. The molecule has 3 heterocycles. The smallest absolute Gasteiger partial charge is 0.466 e. The molecule has 4 N–H and O–H groups in total. The Kier molecular flexibility index (Phi) is 17.8. The molecule has 5 aromatic carbocycles. The monoisotopic (exact) mass is 1030 g/mol. The van der Waals surface area contributed by atoms with Gasteiger partial charge in [-0.2, -0.15) is 0 Å². The number of fused-ring (bicyclic) bond motifs is 4. The standard InChI is InChI=1S/C21H21N.C20H21N.C18H21NO3.2ClH.H3O4P/c1-22-14-12-18(13-15-22)21-19-8-4-2-6-16(19)10-11-17-7-3-5-9-20(17)21;1-21(2)15-7-12-20-18-10-5-3-8-16(18)13-14-17-9-4-6-11-19(17)20;1-19-8-7-18-11-4-5-13(20)17(18)22-16-14(21-2)6-3-10(15(16)18)9-12(11)19;;;1-5(2,3)4/h2-11H,12-15H2,1H3;3-6,8-14H,7,15H2,1-2H3;3-6,11-13,17,20H,7-9H2,1-2H3;2*1H;(H3,1,2,3,4)/t;;11-,12+,13-,17-,18-;;;/m..0.../s1. The maximum Gasteiger partial charge on any atom is 0.466 e. The van der Waals surface area contributed by atoms with E-state index in [9.17, 15) is 5.11 Å². The Morgan fingerprint density at radius 1 is 0.736 bits per heavy atom. The lowest BCUT2D eigenvalue weighted by Gasteiger charge is -2.56. The molecule has 5 atom stereocenters. The average molecular weight is 1030 g/mol. The van der Waals surface area contributed by atoms with Crippen molar-refractivity contribution in [3.05, 3.63) is 189 Å². The van der Waals surface area contributed by atoms with Gasteiger partial charge in [0, 0.05) is 42.6 Å². The molecule has 2 bridgehead atoms. The molecule has 3 aliphatic heterocycles. The van der Waals surface area contributed by atoms with Crippen molar-refractivity contribution < 1.29 is 33.8 Å². The topological polar surface area (TPSA) is 126 Å². The Labute approximate surface area is 437 Å². The number of ether oxygens (including phenoxy) is 2. The van der Waals surface area contributed by atoms with Gasteiger partial charge < -0.3 is 44.0 Å². The second-order valence-electron chi connectivity index (χ2n) is 19.6. The van der Waals surface area contributed by atoms with Gasteiger partial charge in [-0.25, -0.2) is 4.57 Å². The minimum Gasteiger partial charge on any atom is -0.493 e. The quantitative estimate of drug-likeness (QED) is 0.100. The Balaban J connectivity index is 0.000000149. The Morgan fingerprint density at radius 3 is 1.75 bits per heavy atom. The number of benzene rings is 5. The van der Waals surface area contributed by atoms with Crippen LogP contribution in [-0.4, -0.2) is 114 Å². The highest BCUT2D eigenvalue weighted by Crippen LogP contribution is 2.62. The van der Waals surface area contributed by atoms with Gasteiger partial charge >= 0.3 is 7.82 Å². The molecule has 380 valence electrons. The zero-order valence-corrected chi connectivity index (χ0v) is 44.3. The largest absolute Gasteiger partial charge is 0.493 e. The number of hydrogen-bond acceptors (Lipinski definition) is 7. The summed E-state index contributed by atoms with van der Waals surface area (Å²) in [5.41, 5.74) is 17.8. The van der Waals surface area contributed by atoms with Crippen molar-refractivity contribution in [2.75, 3.05) is 61.5 Å². The van der Waals surface area contributed by atoms with E-state index in [-0.39, 0.29) is 36.3 Å². The molecule has 10 nitrogen and oxygen atoms in total. The molecule has 2 fully saturated rings. The summed E-state index contributed by atoms with van der Waals surface area (Å²) in [4.78, 5) is 28.7. The predicted molar refractivity (Wildman–Crippen MR) is 298 cm³/mol. The van der Waals surface area contributed by atoms with Gasteiger partial charge in [-0.05, 0) is 134 Å². The third kappa shape index (κ3) is 11.3. The number of phosphoric acid groups is 1. The number of aliphatic hydroxyl groups is 1. The van der Waals surface area contributed by atoms with Gasteiger partial charge in [-0.3, -0.25) is 0 Å². The van der Waals surface area contributed by atoms with Gasteiger partial charge in [0.05, 0.1) is 7.11 Å². The highest BCUT2D eigenvalue weighted by molar-refractivity contribution is 7.45. The van der Waals surface area contributed by atoms with E-state index in [0.29, 0.717) is 12.0 Å². The number of halogens is 2. The number of likely N-dealkylation sites (N-methyl/N-ethyl adjacent to an activating group) is 1. The molecule has 1 spiro atoms. The van der Waals surface area contributed by atoms with Crippen molar-refractivity contribution in [2.24, 2.45) is 5.92 Å². The molecular weight excluding hydrogens is 965 g/mol. The first-order valence-corrected chi connectivity index (χ1v) is 26.0. The van der Waals surface area contributed by atoms with Crippen LogP contribution in [0.1, 0.15) is 81.3 Å². The van der Waals surface area contributed by atoms with Crippen LogP contribution in [0.25, 0.3) is 35.5 Å². The van der Waals surface area contributed by atoms with Crippen LogP contribution in [-0.2, 0) is 16.4 Å². The van der Waals surface area contributed by atoms with E-state index in [1.54, 1.807) is 12.7 Å². The van der Waals surface area contributed by atoms with E-state index in [4.69, 9.17) is 28.7 Å². The number of nitrogens with zero attached hydrogens (tertiary/aromatic N) is 3. The Morgan fingerprint density at radius 2 is 1.24 bits per heavy atom. The molecule has 7 aliphatic rings. The van der Waals surface area contributed by atoms with Crippen LogP contribution >= 0.6 is 32.6 Å². The summed E-state index contributed by atoms with van der Waals surface area (Å²) < 4.78 is 20.7. The van der Waals surface area contributed by atoms with Gasteiger partial charge in [0.1, 0.15) is 12.2 Å². The van der Waals surface area contributed by atoms with E-state index in [2.05, 4.69) is 182 Å². The highest BCUT2D eigenvalue weighted by atomic mass is 35.5. The lowest BCUT2D eigenvalue weighted by Crippen LogP contribution is -2.64. The van der Waals surface area contributed by atoms with Gasteiger partial charge in [0.2, 0.25) is 0 Å². The molecule has 4 aliphatic carbocycles. The fourth-order valence-electron chi connectivity index (χ4n) is 11.8. The number of rotatable bonds is 4. The third-order valence-corrected chi connectivity index (χ3v) is 15.1. The van der Waals surface area contributed by atoms with Gasteiger partial charge in [-0.1, -0.05) is 151 Å². The SMILES string of the molecule is CN(C)CCC=C1c2ccccc2C=Cc2ccccc21.CN1CCC(=C2c3ccccc3C=Cc3ccccc32)CC1.COc1ccc2c3c1O[C@H]1[C@@H](O)C=C[C@H]4[C@@H](C2)N(C)CC[C@@]341.Cl.Cl.O=P(O)(O)O. The summed E-state index contributed by atoms with van der Waals surface area (Å²) >= 11 is 0. The fraction of sp³-hybridized carbons (Fsp3) is 0.322. The first-order valence-electron chi connectivity index (χ1n) is 24.5. The minimum atomic E-state index is -4.64. The van der Waals surface area contributed by atoms with Crippen molar-refractivity contribution in [2.45, 2.75) is 55.8 Å². The van der Waals surface area contributed by atoms with Crippen molar-refractivity contribution in [1.82, 2.24) is 14.7 Å². The van der Waals surface area contributed by atoms with E-state index in [1.165, 1.54) is 79.6 Å². The number of hydrogen-bond donors (Lipinski definition) is 4. The first kappa shape index (κ1) is 54.7. The van der Waals surface area contributed by atoms with Crippen LogP contribution in [0.2, 0.25) is 0 Å². The van der Waals surface area contributed by atoms with Crippen LogP contribution in [0.15, 0.2) is 133 Å². The van der Waals surface area contributed by atoms with Crippen LogP contribution in [0.3, 0.4) is 0 Å². The molecule has 12 rings (SSSR count). The van der Waals surface area contributed by atoms with Crippen molar-refractivity contribution in [3.8, 4) is 11.5 Å². The van der Waals surface area contributed by atoms with Gasteiger partial charge in [-0.15, -0.1) is 24.8 Å². The van der Waals surface area contributed by atoms with E-state index >= 15 is 0 Å². The summed E-state index contributed by atoms with van der Waals surface area (Å²) in [5, 5.41) is 10.6. The van der Waals surface area contributed by atoms with Gasteiger partial charge in [0.25, 0.3) is 0 Å². The summed E-state index contributed by atoms with van der Waals surface area (Å²) in [7, 11) is 5.73. The zero-order valence-electron chi connectivity index (χ0n) is 41.7. The van der Waals surface area contributed by atoms with Crippen molar-refractivity contribution >= 4 is 68.1 Å². The molecule has 5 aromatic rings. The lowest BCUT2D eigenvalue weighted by molar-refractivity contribution is -0.0453. The van der Waals surface area contributed by atoms with E-state index in [0.717, 1.165) is 56.9 Å². The maximum atomic E-state index is 10.6. The third-order valence-electron chi connectivity index (χ3n) is 15.1. The van der Waals surface area contributed by atoms with Crippen LogP contribution in [0.4, 0.5) is 0 Å². The number of piperidine rings is 2. The molecular formula is C59H68Cl2N3O7P. The second-order valence-corrected chi connectivity index (χ2v) is 20.7. The van der Waals surface area contributed by atoms with E-state index < -0.39 is 13.9 Å². The molecule has 13 heteroatoms. The second kappa shape index (κ2) is 23.4. The summed E-state index contributed by atoms with van der Waals surface area (Å²) in [6.07, 6.45) is 20.3. The summed E-state index contributed by atoms with van der Waals surface area (Å²) in [6.45, 7) is 4.45. The molecule has 0 amide bonds. The fourth-order valence-corrected chi connectivity index (χ4v) is 11.8. The number of aliphatic hydroxyl groups excluding tert-OH is 1. The molecule has 0 aromatic heterocycles. The van der Waals surface area contributed by atoms with Crippen molar-refractivity contribution in [3.63, 3.8) is 0 Å². The van der Waals surface area contributed by atoms with Crippen molar-refractivity contribution in [1.29, 1.82) is 0 Å². The molecule has 0 radical (unpaired) electrons. The van der Waals surface area contributed by atoms with Crippen LogP contribution < -0.4 is 9.47 Å². The lowest BCUT2D eigenvalue weighted by atomic mass is 9.53. The summed E-state index contributed by atoms with van der Waals surface area (Å²) in [6, 6.07) is 39.6. The molecule has 72 heavy (non-hydrogen) atoms. The number of likely N-dealkylation sites (tertiary alicyclic amines) is 2. The molecule has 0 saturated carbocycles. The average Bonchev–Trinajstić information content (AvgIpc) is 3.50. The summed E-state index contributed by atoms with van der Waals surface area (Å²) in [5.74, 6) is 2.09. The maximum absolute atomic E-state index is 10.6.